The molecule has 1 aliphatic carbocycles. The molecule has 0 unspecified atom stereocenters. The molecule has 30 heavy (non-hydrogen) atoms. The smallest absolute Gasteiger partial charge is 0.230 e. The summed E-state index contributed by atoms with van der Waals surface area (Å²) < 4.78 is 19.6. The van der Waals surface area contributed by atoms with Gasteiger partial charge in [0, 0.05) is 6.54 Å². The van der Waals surface area contributed by atoms with Gasteiger partial charge in [-0.05, 0) is 47.2 Å². The fraction of sp³-hybridized carbons (Fsp3) is 0.269. The van der Waals surface area contributed by atoms with Crippen LogP contribution in [0.3, 0.4) is 0 Å². The summed E-state index contributed by atoms with van der Waals surface area (Å²) in [6.45, 7) is 1.46. The van der Waals surface area contributed by atoms with E-state index in [4.69, 9.17) is 4.74 Å². The molecule has 4 heteroatoms. The number of hydrogen-bond acceptors (Lipinski definition) is 2. The van der Waals surface area contributed by atoms with E-state index in [0.717, 1.165) is 41.5 Å². The largest absolute Gasteiger partial charge is 0.372 e. The van der Waals surface area contributed by atoms with Gasteiger partial charge in [-0.1, -0.05) is 73.2 Å². The quantitative estimate of drug-likeness (QED) is 0.556. The second-order valence-electron chi connectivity index (χ2n) is 7.88. The molecule has 3 aromatic rings. The van der Waals surface area contributed by atoms with Crippen molar-refractivity contribution >= 4 is 5.91 Å². The summed E-state index contributed by atoms with van der Waals surface area (Å²) in [4.78, 5) is 13.1. The zero-order valence-electron chi connectivity index (χ0n) is 16.9. The average Bonchev–Trinajstić information content (AvgIpc) is 2.73. The van der Waals surface area contributed by atoms with Crippen LogP contribution >= 0.6 is 0 Å². The second kappa shape index (κ2) is 9.23. The van der Waals surface area contributed by atoms with E-state index in [2.05, 4.69) is 5.32 Å². The third-order valence-electron chi connectivity index (χ3n) is 5.95. The van der Waals surface area contributed by atoms with Crippen molar-refractivity contribution in [2.75, 3.05) is 0 Å². The van der Waals surface area contributed by atoms with Gasteiger partial charge in [-0.2, -0.15) is 0 Å². The molecule has 1 amide bonds. The van der Waals surface area contributed by atoms with Crippen LogP contribution in [-0.4, -0.2) is 5.91 Å². The molecule has 0 heterocycles. The summed E-state index contributed by atoms with van der Waals surface area (Å²) in [5.41, 5.74) is 3.38. The number of carbonyl (C=O) groups is 1. The molecule has 0 atom stereocenters. The Morgan fingerprint density at radius 2 is 1.63 bits per heavy atom. The Labute approximate surface area is 176 Å². The van der Waals surface area contributed by atoms with Gasteiger partial charge in [-0.3, -0.25) is 4.79 Å². The monoisotopic (exact) mass is 403 g/mol. The molecule has 4 rings (SSSR count). The number of ether oxygens (including phenoxy) is 1. The van der Waals surface area contributed by atoms with Crippen LogP contribution in [-0.2, 0) is 34.7 Å². The third-order valence-corrected chi connectivity index (χ3v) is 5.95. The Morgan fingerprint density at radius 1 is 0.900 bits per heavy atom. The predicted octanol–water partition coefficient (Wildman–Crippen LogP) is 5.28. The van der Waals surface area contributed by atoms with Gasteiger partial charge in [-0.25, -0.2) is 4.39 Å². The molecule has 0 saturated heterocycles. The minimum Gasteiger partial charge on any atom is -0.372 e. The summed E-state index contributed by atoms with van der Waals surface area (Å²) in [7, 11) is 0. The molecule has 0 aliphatic heterocycles. The van der Waals surface area contributed by atoms with Crippen molar-refractivity contribution in [2.24, 2.45) is 0 Å². The van der Waals surface area contributed by atoms with Gasteiger partial charge in [0.1, 0.15) is 5.82 Å². The zero-order valence-corrected chi connectivity index (χ0v) is 16.9. The first-order valence-electron chi connectivity index (χ1n) is 10.4. The van der Waals surface area contributed by atoms with Crippen molar-refractivity contribution < 1.29 is 13.9 Å². The van der Waals surface area contributed by atoms with Gasteiger partial charge < -0.3 is 10.1 Å². The molecule has 154 valence electrons. The van der Waals surface area contributed by atoms with Crippen molar-refractivity contribution in [1.82, 2.24) is 5.32 Å². The molecule has 0 spiro atoms. The molecule has 1 fully saturated rings. The normalized spacial score (nSPS) is 14.7. The lowest BCUT2D eigenvalue weighted by Crippen LogP contribution is -2.49. The van der Waals surface area contributed by atoms with E-state index >= 15 is 0 Å². The van der Waals surface area contributed by atoms with Gasteiger partial charge in [-0.15, -0.1) is 0 Å². The van der Waals surface area contributed by atoms with Crippen molar-refractivity contribution in [3.05, 3.63) is 107 Å². The summed E-state index contributed by atoms with van der Waals surface area (Å²) >= 11 is 0. The minimum absolute atomic E-state index is 0.0284. The predicted molar refractivity (Wildman–Crippen MR) is 115 cm³/mol. The van der Waals surface area contributed by atoms with Gasteiger partial charge in [0.25, 0.3) is 0 Å². The van der Waals surface area contributed by atoms with E-state index in [0.29, 0.717) is 19.8 Å². The van der Waals surface area contributed by atoms with Gasteiger partial charge in [0.2, 0.25) is 5.91 Å². The molecular formula is C26H26FNO2. The Hall–Kier alpha value is -2.98. The summed E-state index contributed by atoms with van der Waals surface area (Å²) in [5, 5.41) is 3.09. The average molecular weight is 403 g/mol. The first-order chi connectivity index (χ1) is 14.7. The van der Waals surface area contributed by atoms with Gasteiger partial charge in [0.15, 0.2) is 0 Å². The molecule has 0 aromatic heterocycles. The molecular weight excluding hydrogens is 377 g/mol. The maximum absolute atomic E-state index is 13.7. The Morgan fingerprint density at radius 3 is 2.33 bits per heavy atom. The third kappa shape index (κ3) is 4.44. The molecule has 3 nitrogen and oxygen atoms in total. The van der Waals surface area contributed by atoms with Crippen molar-refractivity contribution in [3.8, 4) is 0 Å². The summed E-state index contributed by atoms with van der Waals surface area (Å²) in [5.74, 6) is -0.327. The van der Waals surface area contributed by atoms with Crippen LogP contribution in [0, 0.1) is 5.82 Å². The Kier molecular flexibility index (Phi) is 6.24. The number of amides is 1. The van der Waals surface area contributed by atoms with Crippen LogP contribution in [0.1, 0.15) is 41.5 Å². The minimum atomic E-state index is -0.610. The van der Waals surface area contributed by atoms with E-state index in [1.54, 1.807) is 6.07 Å². The SMILES string of the molecule is O=C(NCc1ccccc1COCc1ccccc1)C1(c2cccc(F)c2)CCC1. The molecule has 1 aliphatic rings. The summed E-state index contributed by atoms with van der Waals surface area (Å²) in [6.07, 6.45) is 2.49. The molecule has 0 radical (unpaired) electrons. The highest BCUT2D eigenvalue weighted by atomic mass is 19.1. The van der Waals surface area contributed by atoms with Crippen LogP contribution < -0.4 is 5.32 Å². The van der Waals surface area contributed by atoms with E-state index in [-0.39, 0.29) is 11.7 Å². The molecule has 1 saturated carbocycles. The van der Waals surface area contributed by atoms with Crippen molar-refractivity contribution in [2.45, 2.75) is 44.4 Å². The maximum atomic E-state index is 13.7. The van der Waals surface area contributed by atoms with Crippen LogP contribution in [0.15, 0.2) is 78.9 Å². The molecule has 0 bridgehead atoms. The number of benzene rings is 3. The van der Waals surface area contributed by atoms with Crippen molar-refractivity contribution in [3.63, 3.8) is 0 Å². The highest BCUT2D eigenvalue weighted by Gasteiger charge is 2.45. The van der Waals surface area contributed by atoms with Crippen LogP contribution in [0.25, 0.3) is 0 Å². The van der Waals surface area contributed by atoms with E-state index < -0.39 is 5.41 Å². The second-order valence-corrected chi connectivity index (χ2v) is 7.88. The van der Waals surface area contributed by atoms with Crippen LogP contribution in [0.4, 0.5) is 4.39 Å². The topological polar surface area (TPSA) is 38.3 Å². The number of nitrogens with one attached hydrogen (secondary N) is 1. The van der Waals surface area contributed by atoms with E-state index in [1.165, 1.54) is 12.1 Å². The maximum Gasteiger partial charge on any atom is 0.230 e. The van der Waals surface area contributed by atoms with E-state index in [9.17, 15) is 9.18 Å². The fourth-order valence-electron chi connectivity index (χ4n) is 4.03. The Bertz CT molecular complexity index is 999. The number of rotatable bonds is 8. The summed E-state index contributed by atoms with van der Waals surface area (Å²) in [6, 6.07) is 24.5. The molecule has 1 N–H and O–H groups in total. The lowest BCUT2D eigenvalue weighted by molar-refractivity contribution is -0.130. The van der Waals surface area contributed by atoms with Crippen LogP contribution in [0.2, 0.25) is 0 Å². The first kappa shape index (κ1) is 20.3. The fourth-order valence-corrected chi connectivity index (χ4v) is 4.03. The van der Waals surface area contributed by atoms with Crippen molar-refractivity contribution in [1.29, 1.82) is 0 Å². The highest BCUT2D eigenvalue weighted by Crippen LogP contribution is 2.44. The van der Waals surface area contributed by atoms with Gasteiger partial charge in [0.05, 0.1) is 18.6 Å². The standard InChI is InChI=1S/C26H26FNO2/c27-24-13-6-12-23(16-24)26(14-7-15-26)25(29)28-17-21-10-4-5-11-22(21)19-30-18-20-8-2-1-3-9-20/h1-6,8-13,16H,7,14-15,17-19H2,(H,28,29). The first-order valence-corrected chi connectivity index (χ1v) is 10.4. The lowest BCUT2D eigenvalue weighted by atomic mass is 9.63. The Balaban J connectivity index is 1.39. The number of hydrogen-bond donors (Lipinski definition) is 1. The van der Waals surface area contributed by atoms with E-state index in [1.807, 2.05) is 60.7 Å². The molecule has 3 aromatic carbocycles. The zero-order chi connectivity index (χ0) is 20.8. The van der Waals surface area contributed by atoms with Crippen LogP contribution in [0.5, 0.6) is 0 Å². The lowest BCUT2D eigenvalue weighted by Gasteiger charge is -2.40. The number of carbonyl (C=O) groups excluding carboxylic acids is 1. The highest BCUT2D eigenvalue weighted by molar-refractivity contribution is 5.89. The number of halogens is 1. The van der Waals surface area contributed by atoms with Gasteiger partial charge >= 0.3 is 0 Å².